The van der Waals surface area contributed by atoms with E-state index in [-0.39, 0.29) is 30.1 Å². The second kappa shape index (κ2) is 13.1. The summed E-state index contributed by atoms with van der Waals surface area (Å²) < 4.78 is 5.91. The van der Waals surface area contributed by atoms with Gasteiger partial charge in [0.1, 0.15) is 5.01 Å². The van der Waals surface area contributed by atoms with E-state index in [0.717, 1.165) is 36.2 Å². The fraction of sp³-hybridized carbons (Fsp3) is 0.500. The molecule has 1 heterocycles. The molecule has 0 saturated carbocycles. The van der Waals surface area contributed by atoms with Crippen LogP contribution in [0.2, 0.25) is 0 Å². The monoisotopic (exact) mass is 502 g/mol. The van der Waals surface area contributed by atoms with Crippen LogP contribution >= 0.6 is 35.3 Å². The molecule has 0 aliphatic carbocycles. The van der Waals surface area contributed by atoms with E-state index in [1.165, 1.54) is 10.4 Å². The Kier molecular flexibility index (Phi) is 11.5. The summed E-state index contributed by atoms with van der Waals surface area (Å²) in [5.41, 5.74) is 2.31. The highest BCUT2D eigenvalue weighted by Crippen LogP contribution is 2.17. The zero-order chi connectivity index (χ0) is 18.8. The molecular formula is C20H31IN4OS. The number of ether oxygens (including phenoxy) is 1. The fourth-order valence-corrected chi connectivity index (χ4v) is 3.31. The quantitative estimate of drug-likeness (QED) is 0.228. The average Bonchev–Trinajstić information content (AvgIpc) is 2.97. The molecule has 27 heavy (non-hydrogen) atoms. The van der Waals surface area contributed by atoms with Crippen LogP contribution in [0.25, 0.3) is 0 Å². The van der Waals surface area contributed by atoms with Crippen LogP contribution < -0.4 is 10.6 Å². The zero-order valence-corrected chi connectivity index (χ0v) is 19.8. The van der Waals surface area contributed by atoms with Crippen molar-refractivity contribution in [1.82, 2.24) is 15.6 Å². The van der Waals surface area contributed by atoms with Crippen molar-refractivity contribution in [3.63, 3.8) is 0 Å². The number of aryl methyl sites for hydroxylation is 2. The summed E-state index contributed by atoms with van der Waals surface area (Å²) in [6.07, 6.45) is 1.05. The Morgan fingerprint density at radius 2 is 1.96 bits per heavy atom. The van der Waals surface area contributed by atoms with Gasteiger partial charge < -0.3 is 15.4 Å². The van der Waals surface area contributed by atoms with Crippen molar-refractivity contribution in [3.05, 3.63) is 51.5 Å². The number of nitrogens with one attached hydrogen (secondary N) is 2. The van der Waals surface area contributed by atoms with Gasteiger partial charge in [-0.2, -0.15) is 0 Å². The molecule has 2 N–H and O–H groups in total. The molecule has 150 valence electrons. The van der Waals surface area contributed by atoms with Gasteiger partial charge in [0.05, 0.1) is 18.3 Å². The molecule has 0 fully saturated rings. The minimum Gasteiger partial charge on any atom is -0.374 e. The van der Waals surface area contributed by atoms with Gasteiger partial charge in [-0.05, 0) is 39.7 Å². The van der Waals surface area contributed by atoms with E-state index in [1.807, 2.05) is 25.1 Å². The van der Waals surface area contributed by atoms with E-state index < -0.39 is 0 Å². The normalized spacial score (nSPS) is 12.4. The van der Waals surface area contributed by atoms with Gasteiger partial charge in [0.2, 0.25) is 0 Å². The van der Waals surface area contributed by atoms with E-state index in [0.29, 0.717) is 13.2 Å². The first-order chi connectivity index (χ1) is 12.6. The topological polar surface area (TPSA) is 58.5 Å². The minimum absolute atomic E-state index is 0. The van der Waals surface area contributed by atoms with Gasteiger partial charge >= 0.3 is 0 Å². The van der Waals surface area contributed by atoms with Gasteiger partial charge in [-0.15, -0.1) is 35.3 Å². The first kappa shape index (κ1) is 23.8. The first-order valence-electron chi connectivity index (χ1n) is 9.21. The molecule has 2 rings (SSSR count). The lowest BCUT2D eigenvalue weighted by Crippen LogP contribution is -2.38. The molecule has 0 saturated heterocycles. The lowest BCUT2D eigenvalue weighted by molar-refractivity contribution is 0.0646. The average molecular weight is 502 g/mol. The zero-order valence-electron chi connectivity index (χ0n) is 16.6. The summed E-state index contributed by atoms with van der Waals surface area (Å²) in [5, 5.41) is 7.69. The summed E-state index contributed by atoms with van der Waals surface area (Å²) in [4.78, 5) is 10.4. The van der Waals surface area contributed by atoms with Gasteiger partial charge in [-0.25, -0.2) is 9.98 Å². The van der Waals surface area contributed by atoms with Crippen LogP contribution in [0.15, 0.2) is 35.3 Å². The Hall–Kier alpha value is -1.19. The number of nitrogens with zero attached hydrogens (tertiary/aromatic N) is 2. The molecule has 0 amide bonds. The van der Waals surface area contributed by atoms with E-state index in [2.05, 4.69) is 53.5 Å². The van der Waals surface area contributed by atoms with Crippen LogP contribution in [0.5, 0.6) is 0 Å². The second-order valence-corrected chi connectivity index (χ2v) is 7.44. The van der Waals surface area contributed by atoms with Gasteiger partial charge in [0.25, 0.3) is 0 Å². The highest BCUT2D eigenvalue weighted by atomic mass is 127. The summed E-state index contributed by atoms with van der Waals surface area (Å²) in [7, 11) is 0. The van der Waals surface area contributed by atoms with Crippen molar-refractivity contribution in [3.8, 4) is 0 Å². The molecule has 0 aliphatic heterocycles. The highest BCUT2D eigenvalue weighted by molar-refractivity contribution is 14.0. The van der Waals surface area contributed by atoms with Crippen LogP contribution in [-0.4, -0.2) is 30.6 Å². The number of benzene rings is 1. The van der Waals surface area contributed by atoms with Crippen molar-refractivity contribution in [2.45, 2.75) is 46.8 Å². The number of aliphatic imine (C=N–C) groups is 1. The first-order valence-corrected chi connectivity index (χ1v) is 10.0. The van der Waals surface area contributed by atoms with Crippen molar-refractivity contribution in [2.24, 2.45) is 4.99 Å². The van der Waals surface area contributed by atoms with Gasteiger partial charge in [0, 0.05) is 24.6 Å². The third-order valence-electron chi connectivity index (χ3n) is 4.04. The van der Waals surface area contributed by atoms with E-state index in [9.17, 15) is 0 Å². The third kappa shape index (κ3) is 8.57. The highest BCUT2D eigenvalue weighted by Gasteiger charge is 2.05. The smallest absolute Gasteiger partial charge is 0.191 e. The molecule has 5 nitrogen and oxygen atoms in total. The van der Waals surface area contributed by atoms with Crippen molar-refractivity contribution in [2.75, 3.05) is 19.7 Å². The molecule has 0 spiro atoms. The summed E-state index contributed by atoms with van der Waals surface area (Å²) >= 11 is 1.71. The Morgan fingerprint density at radius 1 is 1.22 bits per heavy atom. The SMILES string of the molecule is CCNC(=NCc1nc(C)c(C)s1)NCCCOC(C)c1ccccc1.I. The number of thiazole rings is 1. The number of hydrogen-bond donors (Lipinski definition) is 2. The van der Waals surface area contributed by atoms with Gasteiger partial charge in [-0.3, -0.25) is 0 Å². The standard InChI is InChI=1S/C20H30N4OS.HI/c1-5-21-20(23-14-19-24-15(2)17(4)26-19)22-12-9-13-25-16(3)18-10-7-6-8-11-18;/h6-8,10-11,16H,5,9,12-14H2,1-4H3,(H2,21,22,23);1H. The molecular weight excluding hydrogens is 471 g/mol. The molecule has 0 radical (unpaired) electrons. The van der Waals surface area contributed by atoms with Crippen molar-refractivity contribution in [1.29, 1.82) is 0 Å². The molecule has 1 aromatic carbocycles. The third-order valence-corrected chi connectivity index (χ3v) is 5.10. The lowest BCUT2D eigenvalue weighted by atomic mass is 10.1. The predicted octanol–water partition coefficient (Wildman–Crippen LogP) is 4.60. The Balaban J connectivity index is 0.00000364. The Bertz CT molecular complexity index is 671. The van der Waals surface area contributed by atoms with Crippen molar-refractivity contribution >= 4 is 41.3 Å². The number of rotatable bonds is 9. The molecule has 2 aromatic rings. The maximum Gasteiger partial charge on any atom is 0.191 e. The number of aromatic nitrogens is 1. The van der Waals surface area contributed by atoms with E-state index in [1.54, 1.807) is 11.3 Å². The van der Waals surface area contributed by atoms with Crippen LogP contribution in [0, 0.1) is 13.8 Å². The van der Waals surface area contributed by atoms with Gasteiger partial charge in [0.15, 0.2) is 5.96 Å². The fourth-order valence-electron chi connectivity index (χ4n) is 2.45. The van der Waals surface area contributed by atoms with E-state index >= 15 is 0 Å². The number of guanidine groups is 1. The molecule has 1 unspecified atom stereocenters. The summed E-state index contributed by atoms with van der Waals surface area (Å²) in [6.45, 7) is 11.3. The maximum atomic E-state index is 5.91. The molecule has 1 atom stereocenters. The molecule has 7 heteroatoms. The molecule has 1 aromatic heterocycles. The Morgan fingerprint density at radius 3 is 2.59 bits per heavy atom. The number of halogens is 1. The van der Waals surface area contributed by atoms with Gasteiger partial charge in [-0.1, -0.05) is 30.3 Å². The van der Waals surface area contributed by atoms with Crippen LogP contribution in [0.4, 0.5) is 0 Å². The van der Waals surface area contributed by atoms with Crippen LogP contribution in [0.1, 0.15) is 47.5 Å². The Labute approximate surface area is 184 Å². The van der Waals surface area contributed by atoms with Crippen LogP contribution in [-0.2, 0) is 11.3 Å². The number of hydrogen-bond acceptors (Lipinski definition) is 4. The van der Waals surface area contributed by atoms with E-state index in [4.69, 9.17) is 4.74 Å². The van der Waals surface area contributed by atoms with Crippen LogP contribution in [0.3, 0.4) is 0 Å². The minimum atomic E-state index is 0. The molecule has 0 bridgehead atoms. The summed E-state index contributed by atoms with van der Waals surface area (Å²) in [5.74, 6) is 0.828. The predicted molar refractivity (Wildman–Crippen MR) is 125 cm³/mol. The summed E-state index contributed by atoms with van der Waals surface area (Å²) in [6, 6.07) is 10.3. The lowest BCUT2D eigenvalue weighted by Gasteiger charge is -2.14. The largest absolute Gasteiger partial charge is 0.374 e. The maximum absolute atomic E-state index is 5.91. The second-order valence-electron chi connectivity index (χ2n) is 6.15. The van der Waals surface area contributed by atoms with Crippen molar-refractivity contribution < 1.29 is 4.74 Å². The molecule has 0 aliphatic rings.